The highest BCUT2D eigenvalue weighted by atomic mass is 16.5. The molecule has 0 aliphatic carbocycles. The van der Waals surface area contributed by atoms with E-state index in [-0.39, 0.29) is 19.0 Å². The van der Waals surface area contributed by atoms with Gasteiger partial charge in [-0.3, -0.25) is 0 Å². The van der Waals surface area contributed by atoms with E-state index in [0.29, 0.717) is 24.0 Å². The minimum absolute atomic E-state index is 0.175. The van der Waals surface area contributed by atoms with Crippen LogP contribution in [0, 0.1) is 0 Å². The Bertz CT molecular complexity index is 837. The second-order valence-corrected chi connectivity index (χ2v) is 6.82. The molecule has 1 atom stereocenters. The van der Waals surface area contributed by atoms with E-state index in [4.69, 9.17) is 4.74 Å². The van der Waals surface area contributed by atoms with Crippen molar-refractivity contribution >= 4 is 6.08 Å². The molecule has 0 radical (unpaired) electrons. The Kier molecular flexibility index (Phi) is 9.22. The number of allylic oxidation sites excluding steroid dienone is 1. The van der Waals surface area contributed by atoms with Crippen LogP contribution in [0.3, 0.4) is 0 Å². The summed E-state index contributed by atoms with van der Waals surface area (Å²) >= 11 is 0. The van der Waals surface area contributed by atoms with Crippen LogP contribution in [0.25, 0.3) is 6.08 Å². The van der Waals surface area contributed by atoms with Crippen molar-refractivity contribution in [3.05, 3.63) is 89.5 Å². The lowest BCUT2D eigenvalue weighted by Gasteiger charge is -2.19. The number of hydrogen-bond donors (Lipinski definition) is 3. The van der Waals surface area contributed by atoms with Crippen LogP contribution in [-0.2, 0) is 0 Å². The maximum absolute atomic E-state index is 10.7. The lowest BCUT2D eigenvalue weighted by Crippen LogP contribution is -2.16. The highest BCUT2D eigenvalue weighted by Crippen LogP contribution is 2.25. The zero-order valence-corrected chi connectivity index (χ0v) is 16.9. The first kappa shape index (κ1) is 22.5. The number of rotatable bonds is 11. The van der Waals surface area contributed by atoms with Crippen LogP contribution >= 0.6 is 0 Å². The molecule has 4 nitrogen and oxygen atoms in total. The number of hydrogen-bond acceptors (Lipinski definition) is 4. The summed E-state index contributed by atoms with van der Waals surface area (Å²) < 4.78 is 5.71. The van der Waals surface area contributed by atoms with Gasteiger partial charge < -0.3 is 20.1 Å². The predicted octanol–water partition coefficient (Wildman–Crippen LogP) is 4.88. The number of benzene rings is 2. The van der Waals surface area contributed by atoms with Crippen LogP contribution in [0.1, 0.15) is 31.7 Å². The number of ether oxygens (including phenoxy) is 1. The van der Waals surface area contributed by atoms with Gasteiger partial charge in [0.15, 0.2) is 0 Å². The smallest absolute Gasteiger partial charge is 0.122 e. The lowest BCUT2D eigenvalue weighted by molar-refractivity contribution is 0.198. The molecule has 0 aliphatic rings. The van der Waals surface area contributed by atoms with Gasteiger partial charge in [-0.15, -0.1) is 0 Å². The van der Waals surface area contributed by atoms with Crippen LogP contribution in [0.5, 0.6) is 11.5 Å². The summed E-state index contributed by atoms with van der Waals surface area (Å²) in [7, 11) is 0. The van der Waals surface area contributed by atoms with Crippen molar-refractivity contribution in [1.29, 1.82) is 0 Å². The van der Waals surface area contributed by atoms with E-state index in [1.54, 1.807) is 18.2 Å². The molecule has 0 aromatic heterocycles. The molecule has 154 valence electrons. The number of aromatic hydroxyl groups is 1. The minimum atomic E-state index is -0.756. The Hall–Kier alpha value is -2.82. The van der Waals surface area contributed by atoms with Gasteiger partial charge in [0, 0.05) is 5.56 Å². The molecule has 4 heteroatoms. The molecule has 0 aliphatic heterocycles. The summed E-state index contributed by atoms with van der Waals surface area (Å²) in [5.74, 6) is 0.969. The van der Waals surface area contributed by atoms with E-state index in [2.05, 4.69) is 13.5 Å². The van der Waals surface area contributed by atoms with Crippen LogP contribution in [0.2, 0.25) is 0 Å². The van der Waals surface area contributed by atoms with Gasteiger partial charge in [-0.2, -0.15) is 0 Å². The van der Waals surface area contributed by atoms with E-state index in [1.165, 1.54) is 0 Å². The molecule has 0 saturated carbocycles. The molecule has 3 N–H and O–H groups in total. The molecular weight excluding hydrogens is 364 g/mol. The maximum Gasteiger partial charge on any atom is 0.122 e. The number of aliphatic hydroxyl groups is 2. The molecule has 2 aromatic rings. The summed E-state index contributed by atoms with van der Waals surface area (Å²) in [6.07, 6.45) is 4.77. The molecule has 29 heavy (non-hydrogen) atoms. The van der Waals surface area contributed by atoms with Crippen molar-refractivity contribution in [2.45, 2.75) is 32.3 Å². The molecular formula is C25H30O4. The van der Waals surface area contributed by atoms with E-state index >= 15 is 0 Å². The molecule has 0 spiro atoms. The predicted molar refractivity (Wildman–Crippen MR) is 118 cm³/mol. The van der Waals surface area contributed by atoms with Crippen molar-refractivity contribution in [2.24, 2.45) is 0 Å². The van der Waals surface area contributed by atoms with Gasteiger partial charge in [-0.05, 0) is 48.6 Å². The van der Waals surface area contributed by atoms with Crippen LogP contribution in [0.4, 0.5) is 0 Å². The molecule has 0 amide bonds. The second kappa shape index (κ2) is 11.9. The molecule has 0 fully saturated rings. The Labute approximate surface area is 173 Å². The third kappa shape index (κ3) is 7.26. The van der Waals surface area contributed by atoms with Crippen molar-refractivity contribution in [2.75, 3.05) is 13.2 Å². The van der Waals surface area contributed by atoms with Crippen molar-refractivity contribution in [3.8, 4) is 11.5 Å². The summed E-state index contributed by atoms with van der Waals surface area (Å²) in [6, 6.07) is 16.6. The van der Waals surface area contributed by atoms with E-state index < -0.39 is 6.10 Å². The number of phenolic OH excluding ortho intramolecular Hbond substituents is 1. The third-order valence-corrected chi connectivity index (χ3v) is 4.72. The minimum Gasteiger partial charge on any atom is -0.507 e. The van der Waals surface area contributed by atoms with Crippen LogP contribution in [-0.4, -0.2) is 34.6 Å². The fourth-order valence-electron chi connectivity index (χ4n) is 3.04. The third-order valence-electron chi connectivity index (χ3n) is 4.72. The lowest BCUT2D eigenvalue weighted by atomic mass is 9.95. The monoisotopic (exact) mass is 394 g/mol. The van der Waals surface area contributed by atoms with Gasteiger partial charge >= 0.3 is 0 Å². The Morgan fingerprint density at radius 1 is 1.10 bits per heavy atom. The van der Waals surface area contributed by atoms with Crippen molar-refractivity contribution < 1.29 is 20.1 Å². The molecule has 0 bridgehead atoms. The van der Waals surface area contributed by atoms with Crippen molar-refractivity contribution in [3.63, 3.8) is 0 Å². The number of aliphatic hydroxyl groups excluding tert-OH is 2. The fraction of sp³-hybridized carbons (Fsp3) is 0.280. The topological polar surface area (TPSA) is 69.9 Å². The molecule has 2 aromatic carbocycles. The largest absolute Gasteiger partial charge is 0.507 e. The summed E-state index contributed by atoms with van der Waals surface area (Å²) in [5.41, 5.74) is 3.13. The Morgan fingerprint density at radius 3 is 2.45 bits per heavy atom. The van der Waals surface area contributed by atoms with E-state index in [1.807, 2.05) is 48.5 Å². The zero-order chi connectivity index (χ0) is 21.1. The summed E-state index contributed by atoms with van der Waals surface area (Å²) in [5, 5.41) is 30.0. The Morgan fingerprint density at radius 2 is 1.79 bits per heavy atom. The Balaban J connectivity index is 1.99. The molecule has 1 unspecified atom stereocenters. The highest BCUT2D eigenvalue weighted by Gasteiger charge is 2.15. The maximum atomic E-state index is 10.7. The van der Waals surface area contributed by atoms with Crippen LogP contribution in [0.15, 0.2) is 84.0 Å². The first-order valence-corrected chi connectivity index (χ1v) is 9.87. The van der Waals surface area contributed by atoms with Gasteiger partial charge in [0.05, 0.1) is 12.7 Å². The first-order chi connectivity index (χ1) is 14.0. The number of para-hydroxylation sites is 2. The van der Waals surface area contributed by atoms with Gasteiger partial charge in [0.25, 0.3) is 0 Å². The molecule has 0 saturated heterocycles. The normalized spacial score (nSPS) is 13.2. The van der Waals surface area contributed by atoms with Gasteiger partial charge in [0.2, 0.25) is 0 Å². The second-order valence-electron chi connectivity index (χ2n) is 6.82. The fourth-order valence-corrected chi connectivity index (χ4v) is 3.04. The van der Waals surface area contributed by atoms with E-state index in [9.17, 15) is 15.3 Å². The first-order valence-electron chi connectivity index (χ1n) is 9.87. The highest BCUT2D eigenvalue weighted by molar-refractivity contribution is 5.59. The molecule has 0 heterocycles. The van der Waals surface area contributed by atoms with Crippen molar-refractivity contribution in [1.82, 2.24) is 0 Å². The SMILES string of the molecule is C=C(COc1ccccc1)/C(=C/CO)C(O)CC/C(=C/c1ccccc1O)CC. The molecule has 2 rings (SSSR count). The summed E-state index contributed by atoms with van der Waals surface area (Å²) in [6.45, 7) is 6.14. The standard InChI is InChI=1S/C25H30O4/c1-3-20(17-21-9-7-8-12-24(21)27)13-14-25(28)23(15-16-26)19(2)18-29-22-10-5-4-6-11-22/h4-12,15,17,25-28H,2-3,13-14,16,18H2,1H3/b20-17+,23-15-. The number of phenols is 1. The van der Waals surface area contributed by atoms with Crippen LogP contribution < -0.4 is 4.74 Å². The average Bonchev–Trinajstić information content (AvgIpc) is 2.75. The van der Waals surface area contributed by atoms with Gasteiger partial charge in [-0.1, -0.05) is 67.6 Å². The zero-order valence-electron chi connectivity index (χ0n) is 16.9. The average molecular weight is 395 g/mol. The summed E-state index contributed by atoms with van der Waals surface area (Å²) in [4.78, 5) is 0. The van der Waals surface area contributed by atoms with Gasteiger partial charge in [0.1, 0.15) is 18.1 Å². The van der Waals surface area contributed by atoms with Gasteiger partial charge in [-0.25, -0.2) is 0 Å². The quantitative estimate of drug-likeness (QED) is 0.475. The van der Waals surface area contributed by atoms with E-state index in [0.717, 1.165) is 23.3 Å².